The second-order valence-corrected chi connectivity index (χ2v) is 6.25. The minimum absolute atomic E-state index is 0.0534. The average Bonchev–Trinajstić information content (AvgIpc) is 2.98. The van der Waals surface area contributed by atoms with Crippen LogP contribution in [0.2, 0.25) is 0 Å². The van der Waals surface area contributed by atoms with E-state index in [1.165, 1.54) is 12.1 Å². The first-order chi connectivity index (χ1) is 12.3. The standard InChI is InChI=1S/C19H18F3NO3/c1-2-15-16-8-5-12(9-13(16)10-17(15)18(24)26-23)11-3-6-14(7-4-11)25-19(20,21)22/h3-9,15,17H,2,10,23H2,1H3. The maximum absolute atomic E-state index is 12.2. The molecule has 4 nitrogen and oxygen atoms in total. The number of halogens is 3. The Balaban J connectivity index is 1.85. The zero-order valence-electron chi connectivity index (χ0n) is 14.0. The molecule has 2 aromatic rings. The monoisotopic (exact) mass is 365 g/mol. The van der Waals surface area contributed by atoms with Crippen LogP contribution in [-0.2, 0) is 16.1 Å². The van der Waals surface area contributed by atoms with Crippen molar-refractivity contribution in [1.82, 2.24) is 0 Å². The van der Waals surface area contributed by atoms with Crippen molar-refractivity contribution >= 4 is 5.97 Å². The van der Waals surface area contributed by atoms with Gasteiger partial charge in [0.05, 0.1) is 5.92 Å². The number of ether oxygens (including phenoxy) is 1. The predicted octanol–water partition coefficient (Wildman–Crippen LogP) is 4.34. The Hall–Kier alpha value is -2.54. The third-order valence-corrected chi connectivity index (χ3v) is 4.75. The summed E-state index contributed by atoms with van der Waals surface area (Å²) in [5.74, 6) is 4.09. The number of hydrogen-bond acceptors (Lipinski definition) is 4. The molecule has 0 bridgehead atoms. The van der Waals surface area contributed by atoms with Crippen molar-refractivity contribution in [3.05, 3.63) is 53.6 Å². The fraction of sp³-hybridized carbons (Fsp3) is 0.316. The first-order valence-electron chi connectivity index (χ1n) is 8.22. The van der Waals surface area contributed by atoms with Gasteiger partial charge in [0.2, 0.25) is 0 Å². The van der Waals surface area contributed by atoms with Crippen LogP contribution in [-0.4, -0.2) is 12.3 Å². The van der Waals surface area contributed by atoms with Crippen molar-refractivity contribution in [1.29, 1.82) is 0 Å². The van der Waals surface area contributed by atoms with Gasteiger partial charge < -0.3 is 9.57 Å². The molecule has 2 unspecified atom stereocenters. The summed E-state index contributed by atoms with van der Waals surface area (Å²) in [6.07, 6.45) is -3.39. The van der Waals surface area contributed by atoms with Crippen LogP contribution < -0.4 is 10.6 Å². The molecule has 0 radical (unpaired) electrons. The Labute approximate surface area is 148 Å². The molecule has 7 heteroatoms. The molecule has 0 saturated heterocycles. The van der Waals surface area contributed by atoms with Crippen LogP contribution in [0.1, 0.15) is 30.4 Å². The fourth-order valence-electron chi connectivity index (χ4n) is 3.61. The summed E-state index contributed by atoms with van der Waals surface area (Å²) < 4.78 is 40.6. The van der Waals surface area contributed by atoms with Gasteiger partial charge in [0.1, 0.15) is 5.75 Å². The molecule has 0 spiro atoms. The molecule has 0 saturated carbocycles. The van der Waals surface area contributed by atoms with E-state index in [4.69, 9.17) is 5.90 Å². The second-order valence-electron chi connectivity index (χ2n) is 6.25. The molecule has 0 aliphatic heterocycles. The van der Waals surface area contributed by atoms with E-state index in [1.807, 2.05) is 25.1 Å². The topological polar surface area (TPSA) is 61.5 Å². The van der Waals surface area contributed by atoms with E-state index in [9.17, 15) is 18.0 Å². The molecule has 0 heterocycles. The molecule has 2 aromatic carbocycles. The van der Waals surface area contributed by atoms with Crippen molar-refractivity contribution in [3.8, 4) is 16.9 Å². The van der Waals surface area contributed by atoms with Crippen LogP contribution in [0.15, 0.2) is 42.5 Å². The minimum Gasteiger partial charge on any atom is -0.406 e. The van der Waals surface area contributed by atoms with Crippen molar-refractivity contribution in [3.63, 3.8) is 0 Å². The first-order valence-corrected chi connectivity index (χ1v) is 8.22. The lowest BCUT2D eigenvalue weighted by atomic mass is 9.90. The lowest BCUT2D eigenvalue weighted by molar-refractivity contribution is -0.274. The quantitative estimate of drug-likeness (QED) is 0.819. The van der Waals surface area contributed by atoms with Crippen LogP contribution >= 0.6 is 0 Å². The smallest absolute Gasteiger partial charge is 0.406 e. The van der Waals surface area contributed by atoms with Gasteiger partial charge >= 0.3 is 12.3 Å². The Morgan fingerprint density at radius 3 is 2.38 bits per heavy atom. The molecule has 2 N–H and O–H groups in total. The summed E-state index contributed by atoms with van der Waals surface area (Å²) in [7, 11) is 0. The summed E-state index contributed by atoms with van der Waals surface area (Å²) in [4.78, 5) is 16.3. The first kappa shape index (κ1) is 18.3. The van der Waals surface area contributed by atoms with E-state index in [1.54, 1.807) is 12.1 Å². The summed E-state index contributed by atoms with van der Waals surface area (Å²) in [5, 5.41) is 0. The Kier molecular flexibility index (Phi) is 4.91. The lowest BCUT2D eigenvalue weighted by Crippen LogP contribution is -2.24. The maximum Gasteiger partial charge on any atom is 0.573 e. The highest BCUT2D eigenvalue weighted by Crippen LogP contribution is 2.42. The van der Waals surface area contributed by atoms with Gasteiger partial charge in [0.15, 0.2) is 0 Å². The summed E-state index contributed by atoms with van der Waals surface area (Å²) in [5.41, 5.74) is 3.74. The number of fused-ring (bicyclic) bond motifs is 1. The Morgan fingerprint density at radius 2 is 1.81 bits per heavy atom. The number of carbonyl (C=O) groups is 1. The molecule has 0 fully saturated rings. The van der Waals surface area contributed by atoms with Crippen molar-refractivity contribution in [2.45, 2.75) is 32.0 Å². The van der Waals surface area contributed by atoms with E-state index in [0.717, 1.165) is 28.7 Å². The third kappa shape index (κ3) is 3.67. The highest BCUT2D eigenvalue weighted by Gasteiger charge is 2.37. The van der Waals surface area contributed by atoms with Gasteiger partial charge in [0, 0.05) is 0 Å². The summed E-state index contributed by atoms with van der Waals surface area (Å²) in [6, 6.07) is 11.5. The van der Waals surface area contributed by atoms with Crippen LogP contribution in [0.3, 0.4) is 0 Å². The number of hydrogen-bond donors (Lipinski definition) is 1. The Bertz CT molecular complexity index is 803. The van der Waals surface area contributed by atoms with Gasteiger partial charge in [-0.05, 0) is 53.1 Å². The largest absolute Gasteiger partial charge is 0.573 e. The molecule has 138 valence electrons. The molecule has 1 aliphatic carbocycles. The minimum atomic E-state index is -4.71. The van der Waals surface area contributed by atoms with Crippen LogP contribution in [0.5, 0.6) is 5.75 Å². The molecule has 0 aromatic heterocycles. The second kappa shape index (κ2) is 6.99. The van der Waals surface area contributed by atoms with E-state index < -0.39 is 12.3 Å². The Morgan fingerprint density at radius 1 is 1.15 bits per heavy atom. The molecule has 2 atom stereocenters. The van der Waals surface area contributed by atoms with Gasteiger partial charge in [-0.3, -0.25) is 4.79 Å². The molecule has 1 aliphatic rings. The summed E-state index contributed by atoms with van der Waals surface area (Å²) >= 11 is 0. The third-order valence-electron chi connectivity index (χ3n) is 4.75. The number of carbonyl (C=O) groups excluding carboxylic acids is 1. The lowest BCUT2D eigenvalue weighted by Gasteiger charge is -2.15. The van der Waals surface area contributed by atoms with Gasteiger partial charge in [-0.25, -0.2) is 0 Å². The van der Waals surface area contributed by atoms with E-state index in [0.29, 0.717) is 6.42 Å². The zero-order valence-corrected chi connectivity index (χ0v) is 14.0. The number of alkyl halides is 3. The average molecular weight is 365 g/mol. The number of nitrogens with two attached hydrogens (primary N) is 1. The summed E-state index contributed by atoms with van der Waals surface area (Å²) in [6.45, 7) is 2.00. The van der Waals surface area contributed by atoms with Gasteiger partial charge in [-0.1, -0.05) is 37.3 Å². The molecular formula is C19H18F3NO3. The molecule has 3 rings (SSSR count). The maximum atomic E-state index is 12.2. The van der Waals surface area contributed by atoms with Gasteiger partial charge in [0.25, 0.3) is 0 Å². The fourth-order valence-corrected chi connectivity index (χ4v) is 3.61. The van der Waals surface area contributed by atoms with Gasteiger partial charge in [-0.2, -0.15) is 5.90 Å². The molecular weight excluding hydrogens is 347 g/mol. The van der Waals surface area contributed by atoms with Gasteiger partial charge in [-0.15, -0.1) is 13.2 Å². The van der Waals surface area contributed by atoms with E-state index in [2.05, 4.69) is 9.57 Å². The number of benzene rings is 2. The van der Waals surface area contributed by atoms with Crippen molar-refractivity contribution in [2.75, 3.05) is 0 Å². The highest BCUT2D eigenvalue weighted by atomic mass is 19.4. The van der Waals surface area contributed by atoms with Crippen molar-refractivity contribution in [2.24, 2.45) is 11.8 Å². The van der Waals surface area contributed by atoms with E-state index >= 15 is 0 Å². The highest BCUT2D eigenvalue weighted by molar-refractivity contribution is 5.76. The molecule has 0 amide bonds. The van der Waals surface area contributed by atoms with Crippen molar-refractivity contribution < 1.29 is 27.5 Å². The van der Waals surface area contributed by atoms with Crippen LogP contribution in [0.4, 0.5) is 13.2 Å². The van der Waals surface area contributed by atoms with Crippen LogP contribution in [0.25, 0.3) is 11.1 Å². The van der Waals surface area contributed by atoms with Crippen LogP contribution in [0, 0.1) is 5.92 Å². The SMILES string of the molecule is CCC1c2ccc(-c3ccc(OC(F)(F)F)cc3)cc2CC1C(=O)ON. The van der Waals surface area contributed by atoms with E-state index in [-0.39, 0.29) is 17.6 Å². The normalized spacial score (nSPS) is 19.1. The molecule has 26 heavy (non-hydrogen) atoms. The number of rotatable bonds is 4. The zero-order chi connectivity index (χ0) is 18.9. The predicted molar refractivity (Wildman–Crippen MR) is 89.1 cm³/mol.